The molecule has 0 saturated heterocycles. The molecule has 0 aliphatic rings. The molecule has 0 aliphatic carbocycles. The molecule has 2 aromatic heterocycles. The van der Waals surface area contributed by atoms with Gasteiger partial charge in [0.1, 0.15) is 5.75 Å². The van der Waals surface area contributed by atoms with Gasteiger partial charge in [-0.15, -0.1) is 0 Å². The van der Waals surface area contributed by atoms with Crippen LogP contribution in [0.1, 0.15) is 15.9 Å². The van der Waals surface area contributed by atoms with Crippen molar-refractivity contribution in [2.75, 3.05) is 7.11 Å². The van der Waals surface area contributed by atoms with Gasteiger partial charge < -0.3 is 10.1 Å². The number of hydrogen-bond donors (Lipinski definition) is 2. The predicted octanol–water partition coefficient (Wildman–Crippen LogP) is 2.41. The van der Waals surface area contributed by atoms with E-state index in [0.717, 1.165) is 16.7 Å². The van der Waals surface area contributed by atoms with E-state index in [4.69, 9.17) is 4.74 Å². The summed E-state index contributed by atoms with van der Waals surface area (Å²) in [5, 5.41) is 9.56. The SMILES string of the molecule is COc1cc(C(=O)NCc2cccnc2)ccc1-c1cn[nH]c1. The summed E-state index contributed by atoms with van der Waals surface area (Å²) in [5.74, 6) is 0.464. The summed E-state index contributed by atoms with van der Waals surface area (Å²) in [4.78, 5) is 16.3. The second-order valence-electron chi connectivity index (χ2n) is 4.95. The average molecular weight is 308 g/mol. The van der Waals surface area contributed by atoms with Gasteiger partial charge in [0.05, 0.1) is 13.3 Å². The van der Waals surface area contributed by atoms with E-state index in [2.05, 4.69) is 20.5 Å². The first-order valence-corrected chi connectivity index (χ1v) is 7.12. The summed E-state index contributed by atoms with van der Waals surface area (Å²) in [6.07, 6.45) is 6.91. The van der Waals surface area contributed by atoms with Gasteiger partial charge >= 0.3 is 0 Å². The fraction of sp³-hybridized carbons (Fsp3) is 0.118. The molecule has 116 valence electrons. The Morgan fingerprint density at radius 1 is 1.30 bits per heavy atom. The van der Waals surface area contributed by atoms with E-state index in [0.29, 0.717) is 17.9 Å². The largest absolute Gasteiger partial charge is 0.496 e. The molecule has 23 heavy (non-hydrogen) atoms. The molecule has 3 rings (SSSR count). The second-order valence-corrected chi connectivity index (χ2v) is 4.95. The normalized spacial score (nSPS) is 10.3. The summed E-state index contributed by atoms with van der Waals surface area (Å²) < 4.78 is 5.39. The standard InChI is InChI=1S/C17H16N4O2/c1-23-16-7-13(4-5-15(16)14-10-20-21-11-14)17(22)19-9-12-3-2-6-18-8-12/h2-8,10-11H,9H2,1H3,(H,19,22)(H,20,21). The van der Waals surface area contributed by atoms with Crippen LogP contribution in [-0.4, -0.2) is 28.2 Å². The minimum atomic E-state index is -0.161. The van der Waals surface area contributed by atoms with Crippen LogP contribution in [0.25, 0.3) is 11.1 Å². The molecule has 0 spiro atoms. The second kappa shape index (κ2) is 6.74. The van der Waals surface area contributed by atoms with Gasteiger partial charge in [0.25, 0.3) is 5.91 Å². The summed E-state index contributed by atoms with van der Waals surface area (Å²) in [6, 6.07) is 9.09. The molecular formula is C17H16N4O2. The number of hydrogen-bond acceptors (Lipinski definition) is 4. The van der Waals surface area contributed by atoms with E-state index in [-0.39, 0.29) is 5.91 Å². The summed E-state index contributed by atoms with van der Waals surface area (Å²) >= 11 is 0. The first-order chi connectivity index (χ1) is 11.3. The Labute approximate surface area is 133 Å². The summed E-state index contributed by atoms with van der Waals surface area (Å²) in [5.41, 5.74) is 3.27. The van der Waals surface area contributed by atoms with Crippen molar-refractivity contribution in [1.82, 2.24) is 20.5 Å². The number of H-pyrrole nitrogens is 1. The third-order valence-corrected chi connectivity index (χ3v) is 3.45. The molecule has 1 amide bonds. The summed E-state index contributed by atoms with van der Waals surface area (Å²) in [7, 11) is 1.58. The zero-order valence-electron chi connectivity index (χ0n) is 12.6. The number of methoxy groups -OCH3 is 1. The number of nitrogens with one attached hydrogen (secondary N) is 2. The quantitative estimate of drug-likeness (QED) is 0.758. The van der Waals surface area contributed by atoms with Crippen molar-refractivity contribution in [3.8, 4) is 16.9 Å². The number of rotatable bonds is 5. The first-order valence-electron chi connectivity index (χ1n) is 7.12. The van der Waals surface area contributed by atoms with Crippen molar-refractivity contribution in [3.05, 3.63) is 66.2 Å². The minimum Gasteiger partial charge on any atom is -0.496 e. The lowest BCUT2D eigenvalue weighted by atomic mass is 10.1. The van der Waals surface area contributed by atoms with E-state index in [1.54, 1.807) is 44.0 Å². The third kappa shape index (κ3) is 3.37. The topological polar surface area (TPSA) is 79.9 Å². The molecule has 3 aromatic rings. The number of nitrogens with zero attached hydrogens (tertiary/aromatic N) is 2. The highest BCUT2D eigenvalue weighted by molar-refractivity contribution is 5.95. The number of carbonyl (C=O) groups is 1. The molecule has 0 radical (unpaired) electrons. The van der Waals surface area contributed by atoms with E-state index < -0.39 is 0 Å². The van der Waals surface area contributed by atoms with E-state index in [1.165, 1.54) is 0 Å². The Balaban J connectivity index is 1.76. The van der Waals surface area contributed by atoms with Crippen LogP contribution >= 0.6 is 0 Å². The Bertz CT molecular complexity index is 786. The van der Waals surface area contributed by atoms with Gasteiger partial charge in [0.2, 0.25) is 0 Å². The molecule has 0 atom stereocenters. The number of ether oxygens (including phenoxy) is 1. The molecule has 0 aliphatic heterocycles. The Hall–Kier alpha value is -3.15. The van der Waals surface area contributed by atoms with Crippen molar-refractivity contribution in [2.24, 2.45) is 0 Å². The molecule has 0 saturated carbocycles. The van der Waals surface area contributed by atoms with Gasteiger partial charge in [-0.2, -0.15) is 5.10 Å². The maximum absolute atomic E-state index is 12.3. The van der Waals surface area contributed by atoms with Crippen LogP contribution < -0.4 is 10.1 Å². The Morgan fingerprint density at radius 2 is 2.22 bits per heavy atom. The number of aromatic amines is 1. The van der Waals surface area contributed by atoms with E-state index >= 15 is 0 Å². The molecule has 6 heteroatoms. The van der Waals surface area contributed by atoms with Gasteiger partial charge in [-0.05, 0) is 29.8 Å². The maximum Gasteiger partial charge on any atom is 0.251 e. The number of carbonyl (C=O) groups excluding carboxylic acids is 1. The molecule has 0 fully saturated rings. The van der Waals surface area contributed by atoms with Crippen LogP contribution in [0.4, 0.5) is 0 Å². The van der Waals surface area contributed by atoms with Crippen LogP contribution in [0, 0.1) is 0 Å². The first kappa shape index (κ1) is 14.8. The maximum atomic E-state index is 12.3. The Morgan fingerprint density at radius 3 is 2.91 bits per heavy atom. The van der Waals surface area contributed by atoms with Gasteiger partial charge in [0.15, 0.2) is 0 Å². The molecule has 2 N–H and O–H groups in total. The van der Waals surface area contributed by atoms with Gasteiger partial charge in [0, 0.05) is 41.8 Å². The van der Waals surface area contributed by atoms with Crippen LogP contribution in [0.15, 0.2) is 55.1 Å². The number of amides is 1. The highest BCUT2D eigenvalue weighted by Crippen LogP contribution is 2.30. The lowest BCUT2D eigenvalue weighted by Gasteiger charge is -2.10. The zero-order chi connectivity index (χ0) is 16.1. The van der Waals surface area contributed by atoms with Crippen molar-refractivity contribution in [3.63, 3.8) is 0 Å². The number of benzene rings is 1. The van der Waals surface area contributed by atoms with Crippen molar-refractivity contribution >= 4 is 5.91 Å². The lowest BCUT2D eigenvalue weighted by molar-refractivity contribution is 0.0950. The van der Waals surface area contributed by atoms with Gasteiger partial charge in [-0.1, -0.05) is 6.07 Å². The van der Waals surface area contributed by atoms with E-state index in [1.807, 2.05) is 18.2 Å². The summed E-state index contributed by atoms with van der Waals surface area (Å²) in [6.45, 7) is 0.429. The molecule has 0 unspecified atom stereocenters. The molecule has 2 heterocycles. The van der Waals surface area contributed by atoms with Crippen LogP contribution in [-0.2, 0) is 6.54 Å². The number of pyridine rings is 1. The van der Waals surface area contributed by atoms with Crippen LogP contribution in [0.5, 0.6) is 5.75 Å². The fourth-order valence-electron chi connectivity index (χ4n) is 2.26. The third-order valence-electron chi connectivity index (χ3n) is 3.45. The predicted molar refractivity (Wildman–Crippen MR) is 86.0 cm³/mol. The van der Waals surface area contributed by atoms with Gasteiger partial charge in [-0.3, -0.25) is 14.9 Å². The van der Waals surface area contributed by atoms with Crippen LogP contribution in [0.3, 0.4) is 0 Å². The van der Waals surface area contributed by atoms with Crippen molar-refractivity contribution in [2.45, 2.75) is 6.54 Å². The minimum absolute atomic E-state index is 0.161. The Kier molecular flexibility index (Phi) is 4.33. The monoisotopic (exact) mass is 308 g/mol. The van der Waals surface area contributed by atoms with Crippen LogP contribution in [0.2, 0.25) is 0 Å². The molecule has 0 bridgehead atoms. The molecule has 1 aromatic carbocycles. The van der Waals surface area contributed by atoms with Gasteiger partial charge in [-0.25, -0.2) is 0 Å². The zero-order valence-corrected chi connectivity index (χ0v) is 12.6. The lowest BCUT2D eigenvalue weighted by Crippen LogP contribution is -2.22. The smallest absolute Gasteiger partial charge is 0.251 e. The highest BCUT2D eigenvalue weighted by atomic mass is 16.5. The molecule has 6 nitrogen and oxygen atoms in total. The number of aromatic nitrogens is 3. The van der Waals surface area contributed by atoms with Crippen molar-refractivity contribution < 1.29 is 9.53 Å². The van der Waals surface area contributed by atoms with Crippen molar-refractivity contribution in [1.29, 1.82) is 0 Å². The van der Waals surface area contributed by atoms with E-state index in [9.17, 15) is 4.79 Å². The highest BCUT2D eigenvalue weighted by Gasteiger charge is 2.12. The molecular weight excluding hydrogens is 292 g/mol. The fourth-order valence-corrected chi connectivity index (χ4v) is 2.26. The average Bonchev–Trinajstić information content (AvgIpc) is 3.14.